The number of piperidine rings is 2. The summed E-state index contributed by atoms with van der Waals surface area (Å²) in [5.41, 5.74) is 0.327. The van der Waals surface area contributed by atoms with Crippen molar-refractivity contribution in [1.82, 2.24) is 0 Å². The Morgan fingerprint density at radius 2 is 1.29 bits per heavy atom. The first-order chi connectivity index (χ1) is 7.90. The highest BCUT2D eigenvalue weighted by atomic mass is 16.1. The van der Waals surface area contributed by atoms with Crippen LogP contribution in [0.15, 0.2) is 0 Å². The van der Waals surface area contributed by atoms with Crippen LogP contribution in [-0.2, 0) is 4.79 Å². The van der Waals surface area contributed by atoms with Gasteiger partial charge in [-0.3, -0.25) is 14.6 Å². The van der Waals surface area contributed by atoms with Gasteiger partial charge in [0, 0.05) is 0 Å². The van der Waals surface area contributed by atoms with E-state index in [4.69, 9.17) is 0 Å². The molecule has 3 nitrogen and oxygen atoms in total. The van der Waals surface area contributed by atoms with Crippen molar-refractivity contribution in [2.75, 3.05) is 26.2 Å². The Hall–Kier alpha value is -0.410. The lowest BCUT2D eigenvalue weighted by Gasteiger charge is -2.63. The zero-order chi connectivity index (χ0) is 12.5. The summed E-state index contributed by atoms with van der Waals surface area (Å²) in [7, 11) is 0. The molecule has 0 saturated carbocycles. The van der Waals surface area contributed by atoms with Crippen LogP contribution in [0.1, 0.15) is 40.5 Å². The van der Waals surface area contributed by atoms with Gasteiger partial charge in [-0.05, 0) is 13.8 Å². The highest BCUT2D eigenvalue weighted by molar-refractivity contribution is 5.91. The maximum atomic E-state index is 12.6. The van der Waals surface area contributed by atoms with Crippen LogP contribution in [0.3, 0.4) is 0 Å². The average Bonchev–Trinajstić information content (AvgIpc) is 2.25. The lowest BCUT2D eigenvalue weighted by atomic mass is 9.60. The van der Waals surface area contributed by atoms with Gasteiger partial charge in [0.05, 0.1) is 39.0 Å². The topological polar surface area (TPSA) is 26.0 Å². The number of quaternary nitrogens is 2. The fraction of sp³-hybridized carbons (Fsp3) is 0.929. The van der Waals surface area contributed by atoms with Gasteiger partial charge < -0.3 is 0 Å². The molecular weight excluding hydrogens is 212 g/mol. The summed E-state index contributed by atoms with van der Waals surface area (Å²) in [6.07, 6.45) is 2.49. The third-order valence-electron chi connectivity index (χ3n) is 6.07. The molecule has 0 amide bonds. The van der Waals surface area contributed by atoms with E-state index in [9.17, 15) is 4.79 Å². The lowest BCUT2D eigenvalue weighted by molar-refractivity contribution is -1.20. The molecule has 0 spiro atoms. The molecule has 0 aliphatic carbocycles. The number of hydrogen-bond acceptors (Lipinski definition) is 1. The van der Waals surface area contributed by atoms with E-state index in [0.717, 1.165) is 26.2 Å². The first kappa shape index (κ1) is 11.7. The van der Waals surface area contributed by atoms with Crippen LogP contribution < -0.4 is 9.80 Å². The van der Waals surface area contributed by atoms with Gasteiger partial charge in [-0.2, -0.15) is 0 Å². The van der Waals surface area contributed by atoms with E-state index in [2.05, 4.69) is 27.7 Å². The van der Waals surface area contributed by atoms with Gasteiger partial charge >= 0.3 is 0 Å². The number of ketones is 1. The second kappa shape index (κ2) is 3.12. The molecule has 96 valence electrons. The number of carbonyl (C=O) groups is 1. The molecule has 0 unspecified atom stereocenters. The molecule has 0 radical (unpaired) electrons. The van der Waals surface area contributed by atoms with Crippen LogP contribution in [0.5, 0.6) is 0 Å². The number of hydrogen-bond donors (Lipinski definition) is 2. The van der Waals surface area contributed by atoms with Crippen molar-refractivity contribution in [3.05, 3.63) is 0 Å². The summed E-state index contributed by atoms with van der Waals surface area (Å²) in [4.78, 5) is 16.0. The van der Waals surface area contributed by atoms with Gasteiger partial charge in [-0.25, -0.2) is 0 Å². The molecule has 4 heterocycles. The van der Waals surface area contributed by atoms with Gasteiger partial charge in [0.1, 0.15) is 10.8 Å². The Kier molecular flexibility index (Phi) is 2.14. The molecule has 4 aliphatic heterocycles. The van der Waals surface area contributed by atoms with Crippen LogP contribution in [0, 0.1) is 10.8 Å². The minimum atomic E-state index is -0.0379. The van der Waals surface area contributed by atoms with Gasteiger partial charge in [0.15, 0.2) is 5.78 Å². The smallest absolute Gasteiger partial charge is 0.222 e. The molecule has 4 aliphatic rings. The van der Waals surface area contributed by atoms with Gasteiger partial charge in [0.2, 0.25) is 5.66 Å². The summed E-state index contributed by atoms with van der Waals surface area (Å²) in [6.45, 7) is 13.4. The first-order valence-corrected chi connectivity index (χ1v) is 7.15. The van der Waals surface area contributed by atoms with Crippen molar-refractivity contribution < 1.29 is 14.6 Å². The molecule has 4 fully saturated rings. The van der Waals surface area contributed by atoms with E-state index >= 15 is 0 Å². The predicted molar refractivity (Wildman–Crippen MR) is 65.9 cm³/mol. The predicted octanol–water partition coefficient (Wildman–Crippen LogP) is -1.10. The monoisotopic (exact) mass is 238 g/mol. The molecule has 2 N–H and O–H groups in total. The maximum Gasteiger partial charge on any atom is 0.222 e. The molecule has 17 heavy (non-hydrogen) atoms. The Morgan fingerprint density at radius 3 is 1.59 bits per heavy atom. The highest BCUT2D eigenvalue weighted by Gasteiger charge is 2.71. The number of carbonyl (C=O) groups excluding carboxylic acids is 1. The molecular formula is C14H26N2O+2. The molecule has 0 aromatic heterocycles. The largest absolute Gasteiger partial charge is 0.297 e. The van der Waals surface area contributed by atoms with E-state index in [-0.39, 0.29) is 10.8 Å². The normalized spacial score (nSPS) is 50.9. The molecule has 4 saturated heterocycles. The fourth-order valence-electron chi connectivity index (χ4n) is 5.36. The number of nitrogens with one attached hydrogen (secondary N) is 2. The summed E-state index contributed by atoms with van der Waals surface area (Å²) in [5, 5.41) is 0. The van der Waals surface area contributed by atoms with Crippen LogP contribution >= 0.6 is 0 Å². The van der Waals surface area contributed by atoms with Gasteiger partial charge in [0.25, 0.3) is 0 Å². The molecule has 4 bridgehead atoms. The fourth-order valence-corrected chi connectivity index (χ4v) is 5.36. The van der Waals surface area contributed by atoms with E-state index in [1.54, 1.807) is 9.80 Å². The van der Waals surface area contributed by atoms with Crippen molar-refractivity contribution in [3.8, 4) is 0 Å². The van der Waals surface area contributed by atoms with Crippen LogP contribution in [-0.4, -0.2) is 37.6 Å². The lowest BCUT2D eigenvalue weighted by Crippen LogP contribution is -3.49. The quantitative estimate of drug-likeness (QED) is 0.627. The zero-order valence-electron chi connectivity index (χ0n) is 11.7. The van der Waals surface area contributed by atoms with E-state index in [1.165, 1.54) is 12.8 Å². The van der Waals surface area contributed by atoms with E-state index in [0.29, 0.717) is 11.4 Å². The van der Waals surface area contributed by atoms with Crippen molar-refractivity contribution in [3.63, 3.8) is 0 Å². The Balaban J connectivity index is 2.06. The number of rotatable bonds is 2. The summed E-state index contributed by atoms with van der Waals surface area (Å²) >= 11 is 0. The Morgan fingerprint density at radius 1 is 0.941 bits per heavy atom. The summed E-state index contributed by atoms with van der Waals surface area (Å²) < 4.78 is 0. The van der Waals surface area contributed by atoms with Crippen LogP contribution in [0.4, 0.5) is 0 Å². The van der Waals surface area contributed by atoms with Crippen molar-refractivity contribution in [1.29, 1.82) is 0 Å². The second-order valence-electron chi connectivity index (χ2n) is 7.15. The Bertz CT molecular complexity index is 330. The van der Waals surface area contributed by atoms with Gasteiger partial charge in [-0.1, -0.05) is 13.8 Å². The molecule has 0 aromatic rings. The van der Waals surface area contributed by atoms with Crippen LogP contribution in [0.2, 0.25) is 0 Å². The van der Waals surface area contributed by atoms with E-state index in [1.807, 2.05) is 0 Å². The first-order valence-electron chi connectivity index (χ1n) is 7.15. The van der Waals surface area contributed by atoms with Crippen molar-refractivity contribution in [2.24, 2.45) is 10.8 Å². The Labute approximate surface area is 104 Å². The summed E-state index contributed by atoms with van der Waals surface area (Å²) in [5.74, 6) is 0.554. The van der Waals surface area contributed by atoms with Gasteiger partial charge in [-0.15, -0.1) is 0 Å². The molecule has 4 rings (SSSR count). The standard InChI is InChI=1S/C14H24N2O/c1-5-14(6-2)15-7-12(3)8-16(14)10-13(4,9-15)11(12)17/h5-10H2,1-4H3/p+2. The SMILES string of the molecule is CCC1(CC)[NH+]2CC3(C)C[NH+]1CC(C)(C2)C3=O. The maximum absolute atomic E-state index is 12.6. The molecule has 0 aromatic carbocycles. The summed E-state index contributed by atoms with van der Waals surface area (Å²) in [6, 6.07) is 0. The van der Waals surface area contributed by atoms with Crippen molar-refractivity contribution >= 4 is 5.78 Å². The zero-order valence-corrected chi connectivity index (χ0v) is 11.7. The molecule has 0 atom stereocenters. The number of Topliss-reactive ketones (excluding diaryl/α,β-unsaturated/α-hetero) is 1. The minimum Gasteiger partial charge on any atom is -0.297 e. The molecule has 3 heteroatoms. The van der Waals surface area contributed by atoms with Crippen molar-refractivity contribution in [2.45, 2.75) is 46.2 Å². The van der Waals surface area contributed by atoms with E-state index < -0.39 is 0 Å². The average molecular weight is 238 g/mol. The van der Waals surface area contributed by atoms with Crippen LogP contribution in [0.25, 0.3) is 0 Å². The minimum absolute atomic E-state index is 0.0379. The third-order valence-corrected chi connectivity index (χ3v) is 6.07. The third kappa shape index (κ3) is 1.17. The highest BCUT2D eigenvalue weighted by Crippen LogP contribution is 2.36. The second-order valence-corrected chi connectivity index (χ2v) is 7.15.